The monoisotopic (exact) mass is 231 g/mol. The van der Waals surface area contributed by atoms with E-state index in [4.69, 9.17) is 0 Å². The maximum atomic E-state index is 3.65. The van der Waals surface area contributed by atoms with Crippen LogP contribution in [0.2, 0.25) is 0 Å². The largest absolute Gasteiger partial charge is 0.314 e. The van der Waals surface area contributed by atoms with Crippen molar-refractivity contribution in [1.29, 1.82) is 0 Å². The van der Waals surface area contributed by atoms with Crippen LogP contribution in [0.4, 0.5) is 0 Å². The lowest BCUT2D eigenvalue weighted by Gasteiger charge is -2.16. The van der Waals surface area contributed by atoms with Gasteiger partial charge in [-0.3, -0.25) is 0 Å². The van der Waals surface area contributed by atoms with E-state index in [9.17, 15) is 0 Å². The average molecular weight is 231 g/mol. The van der Waals surface area contributed by atoms with Crippen LogP contribution in [0.5, 0.6) is 0 Å². The van der Waals surface area contributed by atoms with Crippen molar-refractivity contribution in [2.24, 2.45) is 5.92 Å². The Hall–Kier alpha value is -0.820. The number of benzene rings is 1. The van der Waals surface area contributed by atoms with Crippen molar-refractivity contribution in [2.45, 2.75) is 51.5 Å². The molecule has 1 heteroatoms. The normalized spacial score (nSPS) is 18.9. The van der Waals surface area contributed by atoms with Gasteiger partial charge in [0.1, 0.15) is 0 Å². The lowest BCUT2D eigenvalue weighted by atomic mass is 9.98. The molecule has 1 nitrogen and oxygen atoms in total. The number of hydrogen-bond donors (Lipinski definition) is 1. The highest BCUT2D eigenvalue weighted by molar-refractivity contribution is 5.18. The molecule has 1 aromatic carbocycles. The topological polar surface area (TPSA) is 12.0 Å². The number of hydrogen-bond acceptors (Lipinski definition) is 1. The predicted molar refractivity (Wildman–Crippen MR) is 74.3 cm³/mol. The molecule has 1 aromatic rings. The molecule has 0 radical (unpaired) electrons. The summed E-state index contributed by atoms with van der Waals surface area (Å²) in [5, 5.41) is 3.65. The SMILES string of the molecule is CC(CC1CC1)NCCC(C)c1ccccc1. The van der Waals surface area contributed by atoms with Crippen LogP contribution in [0, 0.1) is 5.92 Å². The fourth-order valence-corrected chi connectivity index (χ4v) is 2.43. The van der Waals surface area contributed by atoms with E-state index in [0.717, 1.165) is 12.5 Å². The van der Waals surface area contributed by atoms with E-state index in [1.54, 1.807) is 0 Å². The molecule has 0 aromatic heterocycles. The highest BCUT2D eigenvalue weighted by atomic mass is 14.9. The zero-order valence-electron chi connectivity index (χ0n) is 11.2. The first-order valence-electron chi connectivity index (χ1n) is 7.04. The second kappa shape index (κ2) is 6.20. The molecule has 2 unspecified atom stereocenters. The van der Waals surface area contributed by atoms with E-state index in [1.165, 1.54) is 31.2 Å². The van der Waals surface area contributed by atoms with Crippen LogP contribution >= 0.6 is 0 Å². The van der Waals surface area contributed by atoms with Gasteiger partial charge in [-0.05, 0) is 43.7 Å². The maximum Gasteiger partial charge on any atom is 0.00413 e. The summed E-state index contributed by atoms with van der Waals surface area (Å²) >= 11 is 0. The molecule has 1 aliphatic carbocycles. The molecule has 17 heavy (non-hydrogen) atoms. The molecular weight excluding hydrogens is 206 g/mol. The van der Waals surface area contributed by atoms with Crippen LogP contribution < -0.4 is 5.32 Å². The standard InChI is InChI=1S/C16H25N/c1-13(16-6-4-3-5-7-16)10-11-17-14(2)12-15-8-9-15/h3-7,13-15,17H,8-12H2,1-2H3. The lowest BCUT2D eigenvalue weighted by molar-refractivity contribution is 0.471. The van der Waals surface area contributed by atoms with E-state index in [1.807, 2.05) is 0 Å². The Morgan fingerprint density at radius 2 is 1.88 bits per heavy atom. The Morgan fingerprint density at radius 1 is 1.18 bits per heavy atom. The molecule has 0 bridgehead atoms. The summed E-state index contributed by atoms with van der Waals surface area (Å²) in [6.45, 7) is 5.79. The van der Waals surface area contributed by atoms with Crippen LogP contribution in [-0.4, -0.2) is 12.6 Å². The molecule has 94 valence electrons. The molecule has 0 amide bonds. The minimum Gasteiger partial charge on any atom is -0.314 e. The molecule has 1 fully saturated rings. The molecule has 1 aliphatic rings. The third-order valence-corrected chi connectivity index (χ3v) is 3.82. The maximum absolute atomic E-state index is 3.65. The Bertz CT molecular complexity index is 316. The molecular formula is C16H25N. The fourth-order valence-electron chi connectivity index (χ4n) is 2.43. The molecule has 0 heterocycles. The van der Waals surface area contributed by atoms with Crippen LogP contribution in [0.3, 0.4) is 0 Å². The second-order valence-electron chi connectivity index (χ2n) is 5.63. The highest BCUT2D eigenvalue weighted by Crippen LogP contribution is 2.33. The molecule has 1 N–H and O–H groups in total. The molecule has 0 spiro atoms. The van der Waals surface area contributed by atoms with Crippen molar-refractivity contribution in [1.82, 2.24) is 5.32 Å². The average Bonchev–Trinajstić information content (AvgIpc) is 3.14. The van der Waals surface area contributed by atoms with Gasteiger partial charge >= 0.3 is 0 Å². The summed E-state index contributed by atoms with van der Waals surface area (Å²) in [7, 11) is 0. The number of rotatable bonds is 7. The van der Waals surface area contributed by atoms with Gasteiger partial charge in [0.15, 0.2) is 0 Å². The second-order valence-corrected chi connectivity index (χ2v) is 5.63. The summed E-state index contributed by atoms with van der Waals surface area (Å²) < 4.78 is 0. The minimum absolute atomic E-state index is 0.664. The van der Waals surface area contributed by atoms with Crippen molar-refractivity contribution < 1.29 is 0 Å². The minimum atomic E-state index is 0.664. The van der Waals surface area contributed by atoms with Crippen LogP contribution in [0.15, 0.2) is 30.3 Å². The molecule has 0 saturated heterocycles. The van der Waals surface area contributed by atoms with Crippen molar-refractivity contribution in [3.8, 4) is 0 Å². The fraction of sp³-hybridized carbons (Fsp3) is 0.625. The van der Waals surface area contributed by atoms with Gasteiger partial charge in [-0.15, -0.1) is 0 Å². The zero-order chi connectivity index (χ0) is 12.1. The molecule has 2 rings (SSSR count). The third-order valence-electron chi connectivity index (χ3n) is 3.82. The zero-order valence-corrected chi connectivity index (χ0v) is 11.2. The van der Waals surface area contributed by atoms with Crippen molar-refractivity contribution in [3.05, 3.63) is 35.9 Å². The van der Waals surface area contributed by atoms with E-state index in [0.29, 0.717) is 12.0 Å². The van der Waals surface area contributed by atoms with Gasteiger partial charge in [0.05, 0.1) is 0 Å². The van der Waals surface area contributed by atoms with E-state index in [2.05, 4.69) is 49.5 Å². The first kappa shape index (κ1) is 12.6. The highest BCUT2D eigenvalue weighted by Gasteiger charge is 2.23. The molecule has 1 saturated carbocycles. The Balaban J connectivity index is 1.64. The predicted octanol–water partition coefficient (Wildman–Crippen LogP) is 3.96. The Labute approximate surface area is 106 Å². The molecule has 0 aliphatic heterocycles. The first-order chi connectivity index (χ1) is 8.25. The van der Waals surface area contributed by atoms with Gasteiger partial charge in [-0.1, -0.05) is 50.1 Å². The van der Waals surface area contributed by atoms with Crippen molar-refractivity contribution in [2.75, 3.05) is 6.54 Å². The van der Waals surface area contributed by atoms with E-state index < -0.39 is 0 Å². The molecule has 2 atom stereocenters. The summed E-state index contributed by atoms with van der Waals surface area (Å²) in [5.41, 5.74) is 1.46. The quantitative estimate of drug-likeness (QED) is 0.749. The smallest absolute Gasteiger partial charge is 0.00413 e. The van der Waals surface area contributed by atoms with E-state index in [-0.39, 0.29) is 0 Å². The van der Waals surface area contributed by atoms with Gasteiger partial charge in [-0.2, -0.15) is 0 Å². The summed E-state index contributed by atoms with van der Waals surface area (Å²) in [4.78, 5) is 0. The summed E-state index contributed by atoms with van der Waals surface area (Å²) in [6.07, 6.45) is 5.54. The van der Waals surface area contributed by atoms with Crippen LogP contribution in [0.1, 0.15) is 51.0 Å². The van der Waals surface area contributed by atoms with Crippen molar-refractivity contribution in [3.63, 3.8) is 0 Å². The summed E-state index contributed by atoms with van der Waals surface area (Å²) in [5.74, 6) is 1.70. The van der Waals surface area contributed by atoms with Crippen molar-refractivity contribution >= 4 is 0 Å². The van der Waals surface area contributed by atoms with Gasteiger partial charge in [0.2, 0.25) is 0 Å². The van der Waals surface area contributed by atoms with Crippen LogP contribution in [-0.2, 0) is 0 Å². The third kappa shape index (κ3) is 4.51. The first-order valence-corrected chi connectivity index (χ1v) is 7.04. The van der Waals surface area contributed by atoms with E-state index >= 15 is 0 Å². The van der Waals surface area contributed by atoms with Crippen LogP contribution in [0.25, 0.3) is 0 Å². The Morgan fingerprint density at radius 3 is 2.53 bits per heavy atom. The number of nitrogens with one attached hydrogen (secondary N) is 1. The lowest BCUT2D eigenvalue weighted by Crippen LogP contribution is -2.28. The van der Waals surface area contributed by atoms with Gasteiger partial charge in [0, 0.05) is 6.04 Å². The van der Waals surface area contributed by atoms with Gasteiger partial charge in [-0.25, -0.2) is 0 Å². The summed E-state index contributed by atoms with van der Waals surface area (Å²) in [6, 6.07) is 11.5. The van der Waals surface area contributed by atoms with Gasteiger partial charge < -0.3 is 5.32 Å². The van der Waals surface area contributed by atoms with Gasteiger partial charge in [0.25, 0.3) is 0 Å². The Kier molecular flexibility index (Phi) is 4.61.